The fourth-order valence-electron chi connectivity index (χ4n) is 3.78. The normalized spacial score (nSPS) is 18.6. The first-order valence-electron chi connectivity index (χ1n) is 9.54. The highest BCUT2D eigenvalue weighted by Gasteiger charge is 2.34. The number of phenols is 1. The summed E-state index contributed by atoms with van der Waals surface area (Å²) in [6.45, 7) is 4.31. The largest absolute Gasteiger partial charge is 0.505 e. The number of carbonyl (C=O) groups is 1. The van der Waals surface area contributed by atoms with Crippen LogP contribution in [0.15, 0.2) is 27.8 Å². The molecule has 0 heterocycles. The summed E-state index contributed by atoms with van der Waals surface area (Å²) in [6.07, 6.45) is 4.22. The molecule has 7 nitrogen and oxygen atoms in total. The van der Waals surface area contributed by atoms with Gasteiger partial charge in [-0.1, -0.05) is 32.8 Å². The Hall–Kier alpha value is -2.83. The molecule has 0 bridgehead atoms. The Morgan fingerprint density at radius 3 is 2.50 bits per heavy atom. The molecular formula is C21H31N3O4. The third-order valence-corrected chi connectivity index (χ3v) is 5.67. The second kappa shape index (κ2) is 7.30. The predicted octanol–water partition coefficient (Wildman–Crippen LogP) is 3.31. The van der Waals surface area contributed by atoms with Crippen molar-refractivity contribution in [2.45, 2.75) is 45.6 Å². The van der Waals surface area contributed by atoms with Crippen LogP contribution in [0, 0.1) is 5.41 Å². The third-order valence-electron chi connectivity index (χ3n) is 5.67. The Bertz CT molecular complexity index is 981. The minimum atomic E-state index is -0.625. The smallest absolute Gasteiger partial charge is 0.257 e. The van der Waals surface area contributed by atoms with Crippen molar-refractivity contribution < 1.29 is 12.8 Å². The topological polar surface area (TPSA) is 98.7 Å². The van der Waals surface area contributed by atoms with E-state index in [0.29, 0.717) is 0 Å². The quantitative estimate of drug-likeness (QED) is 0.536. The summed E-state index contributed by atoms with van der Waals surface area (Å²) in [5, 5.41) is 16.6. The highest BCUT2D eigenvalue weighted by atomic mass is 16.3. The molecule has 1 saturated carbocycles. The molecule has 1 unspecified atom stereocenters. The number of aromatic hydroxyl groups is 1. The number of nitrogens with zero attached hydrogens (tertiary/aromatic N) is 1. The molecule has 3 N–H and O–H groups in total. The van der Waals surface area contributed by atoms with Gasteiger partial charge in [-0.2, -0.15) is 0 Å². The van der Waals surface area contributed by atoms with Crippen LogP contribution in [0.5, 0.6) is 5.75 Å². The summed E-state index contributed by atoms with van der Waals surface area (Å²) < 4.78 is 0. The van der Waals surface area contributed by atoms with Gasteiger partial charge in [0.05, 0.1) is 11.3 Å². The van der Waals surface area contributed by atoms with E-state index in [0.717, 1.165) is 25.7 Å². The molecule has 2 aromatic carbocycles. The molecule has 0 aromatic heterocycles. The van der Waals surface area contributed by atoms with Crippen LogP contribution in [-0.2, 0) is 0 Å². The van der Waals surface area contributed by atoms with Crippen LogP contribution in [0.3, 0.4) is 0 Å². The first-order chi connectivity index (χ1) is 13.1. The van der Waals surface area contributed by atoms with Gasteiger partial charge in [0, 0.05) is 23.0 Å². The zero-order valence-corrected chi connectivity index (χ0v) is 16.8. The van der Waals surface area contributed by atoms with Crippen LogP contribution in [0.2, 0.25) is 0 Å². The third kappa shape index (κ3) is 3.48. The van der Waals surface area contributed by atoms with Crippen molar-refractivity contribution in [1.29, 1.82) is 0 Å². The van der Waals surface area contributed by atoms with Crippen molar-refractivity contribution >= 4 is 23.0 Å². The maximum Gasteiger partial charge on any atom is 0.257 e. The summed E-state index contributed by atoms with van der Waals surface area (Å²) in [7, 11) is 3.18. The molecule has 1 atom stereocenters. The minimum absolute atomic E-state index is 0. The standard InChI is InChI=1S/C21H27N3O4.2H2/c1-21(2)11-6-5-10-14(21)23-16-15(18(26)19(16)27)22-13-9-7-8-12(17(13)25)20(28)24(3)4;;/h7-9,14,22-23,25H,5-6,10-11H2,1-4H3;2*1H. The second-order valence-electron chi connectivity index (χ2n) is 8.37. The van der Waals surface area contributed by atoms with Gasteiger partial charge >= 0.3 is 0 Å². The van der Waals surface area contributed by atoms with E-state index < -0.39 is 10.9 Å². The van der Waals surface area contributed by atoms with E-state index in [4.69, 9.17) is 0 Å². The minimum Gasteiger partial charge on any atom is -0.505 e. The van der Waals surface area contributed by atoms with Gasteiger partial charge < -0.3 is 20.6 Å². The number of phenolic OH excluding ortho intramolecular Hbond substituents is 1. The molecule has 1 amide bonds. The fourth-order valence-corrected chi connectivity index (χ4v) is 3.78. The molecular weight excluding hydrogens is 358 g/mol. The SMILES string of the molecule is CN(C)C(=O)c1cccc(Nc2c(NC3CCCCC3(C)C)c(=O)c2=O)c1O.[HH].[HH]. The molecule has 1 aliphatic rings. The van der Waals surface area contributed by atoms with E-state index in [9.17, 15) is 19.5 Å². The summed E-state index contributed by atoms with van der Waals surface area (Å²) in [5.41, 5.74) is -0.425. The van der Waals surface area contributed by atoms with Crippen molar-refractivity contribution in [3.8, 4) is 5.75 Å². The highest BCUT2D eigenvalue weighted by Crippen LogP contribution is 2.38. The first-order valence-corrected chi connectivity index (χ1v) is 9.54. The van der Waals surface area contributed by atoms with Crippen LogP contribution in [0.25, 0.3) is 0 Å². The monoisotopic (exact) mass is 389 g/mol. The van der Waals surface area contributed by atoms with Crippen molar-refractivity contribution in [2.24, 2.45) is 5.41 Å². The molecule has 1 fully saturated rings. The van der Waals surface area contributed by atoms with Crippen molar-refractivity contribution in [3.63, 3.8) is 0 Å². The number of para-hydroxylation sites is 1. The van der Waals surface area contributed by atoms with Gasteiger partial charge in [-0.3, -0.25) is 14.4 Å². The van der Waals surface area contributed by atoms with Crippen molar-refractivity contribution in [3.05, 3.63) is 44.2 Å². The zero-order chi connectivity index (χ0) is 20.6. The van der Waals surface area contributed by atoms with Gasteiger partial charge in [-0.15, -0.1) is 0 Å². The number of amides is 1. The highest BCUT2D eigenvalue weighted by molar-refractivity contribution is 5.99. The number of anilines is 3. The lowest BCUT2D eigenvalue weighted by Crippen LogP contribution is -2.44. The van der Waals surface area contributed by atoms with Crippen molar-refractivity contribution in [1.82, 2.24) is 4.90 Å². The van der Waals surface area contributed by atoms with Crippen LogP contribution < -0.4 is 21.5 Å². The van der Waals surface area contributed by atoms with E-state index in [1.54, 1.807) is 26.2 Å². The lowest BCUT2D eigenvalue weighted by Gasteiger charge is -2.40. The maximum absolute atomic E-state index is 12.2. The summed E-state index contributed by atoms with van der Waals surface area (Å²) in [4.78, 5) is 37.9. The molecule has 0 saturated heterocycles. The van der Waals surface area contributed by atoms with Gasteiger partial charge in [-0.05, 0) is 30.4 Å². The molecule has 2 aromatic rings. The average Bonchev–Trinajstić information content (AvgIpc) is 2.65. The number of benzene rings is 1. The van der Waals surface area contributed by atoms with Gasteiger partial charge in [0.25, 0.3) is 16.8 Å². The van der Waals surface area contributed by atoms with Crippen LogP contribution in [0.1, 0.15) is 52.7 Å². The van der Waals surface area contributed by atoms with Gasteiger partial charge in [0.15, 0.2) is 5.75 Å². The Balaban J connectivity index is 0.00000225. The molecule has 0 spiro atoms. The number of rotatable bonds is 5. The van der Waals surface area contributed by atoms with E-state index in [-0.39, 0.29) is 48.6 Å². The maximum atomic E-state index is 12.2. The second-order valence-corrected chi connectivity index (χ2v) is 8.37. The van der Waals surface area contributed by atoms with Crippen LogP contribution >= 0.6 is 0 Å². The van der Waals surface area contributed by atoms with Crippen molar-refractivity contribution in [2.75, 3.05) is 24.7 Å². The molecule has 154 valence electrons. The van der Waals surface area contributed by atoms with E-state index in [1.165, 1.54) is 11.0 Å². The lowest BCUT2D eigenvalue weighted by atomic mass is 9.73. The molecule has 7 heteroatoms. The summed E-state index contributed by atoms with van der Waals surface area (Å²) in [6, 6.07) is 4.78. The van der Waals surface area contributed by atoms with Gasteiger partial charge in [0.2, 0.25) is 0 Å². The van der Waals surface area contributed by atoms with Gasteiger partial charge in [-0.25, -0.2) is 0 Å². The first kappa shape index (κ1) is 19.9. The number of hydrogen-bond acceptors (Lipinski definition) is 6. The van der Waals surface area contributed by atoms with E-state index in [1.807, 2.05) is 0 Å². The van der Waals surface area contributed by atoms with E-state index >= 15 is 0 Å². The number of hydrogen-bond donors (Lipinski definition) is 3. The molecule has 1 aliphatic carbocycles. The Morgan fingerprint density at radius 2 is 1.86 bits per heavy atom. The van der Waals surface area contributed by atoms with Crippen LogP contribution in [-0.4, -0.2) is 36.1 Å². The Labute approximate surface area is 167 Å². The van der Waals surface area contributed by atoms with Gasteiger partial charge in [0.1, 0.15) is 11.4 Å². The number of carbonyl (C=O) groups excluding carboxylic acids is 1. The Morgan fingerprint density at radius 1 is 1.18 bits per heavy atom. The van der Waals surface area contributed by atoms with Crippen LogP contribution in [0.4, 0.5) is 17.1 Å². The molecule has 0 aliphatic heterocycles. The molecule has 28 heavy (non-hydrogen) atoms. The summed E-state index contributed by atoms with van der Waals surface area (Å²) in [5.74, 6) is -0.605. The zero-order valence-electron chi connectivity index (χ0n) is 16.8. The molecule has 0 radical (unpaired) electrons. The Kier molecular flexibility index (Phi) is 5.19. The van der Waals surface area contributed by atoms with E-state index in [2.05, 4.69) is 24.5 Å². The summed E-state index contributed by atoms with van der Waals surface area (Å²) >= 11 is 0. The number of nitrogens with one attached hydrogen (secondary N) is 2. The predicted molar refractivity (Wildman–Crippen MR) is 115 cm³/mol. The molecule has 3 rings (SSSR count). The average molecular weight is 389 g/mol. The fraction of sp³-hybridized carbons (Fsp3) is 0.476. The lowest BCUT2D eigenvalue weighted by molar-refractivity contribution is 0.0824.